The van der Waals surface area contributed by atoms with Gasteiger partial charge in [0.2, 0.25) is 0 Å². The van der Waals surface area contributed by atoms with Gasteiger partial charge in [-0.25, -0.2) is 9.97 Å². The number of piperidine rings is 1. The third kappa shape index (κ3) is 3.51. The van der Waals surface area contributed by atoms with Crippen molar-refractivity contribution in [2.45, 2.75) is 35.2 Å². The Morgan fingerprint density at radius 1 is 1.03 bits per heavy atom. The molecule has 8 heteroatoms. The first-order chi connectivity index (χ1) is 16.1. The predicted molar refractivity (Wildman–Crippen MR) is 135 cm³/mol. The second-order valence-corrected chi connectivity index (χ2v) is 10.7. The molecule has 168 valence electrons. The monoisotopic (exact) mass is 495 g/mol. The van der Waals surface area contributed by atoms with Crippen LogP contribution in [0.4, 0.5) is 5.82 Å². The number of anilines is 1. The van der Waals surface area contributed by atoms with E-state index in [1.807, 2.05) is 30.7 Å². The number of aromatic nitrogens is 3. The molecule has 2 aromatic carbocycles. The maximum Gasteiger partial charge on any atom is 0.171 e. The molecule has 1 aliphatic heterocycles. The number of hydrogen-bond acceptors (Lipinski definition) is 5. The fourth-order valence-corrected chi connectivity index (χ4v) is 6.72. The van der Waals surface area contributed by atoms with E-state index < -0.39 is 0 Å². The first kappa shape index (κ1) is 21.3. The lowest BCUT2D eigenvalue weighted by Gasteiger charge is -2.43. The minimum Gasteiger partial charge on any atom is -0.356 e. The van der Waals surface area contributed by atoms with Gasteiger partial charge in [-0.05, 0) is 47.9 Å². The topological polar surface area (TPSA) is 59.5 Å². The molecular weight excluding hydrogens is 473 g/mol. The number of hydrogen-bond donors (Lipinski definition) is 1. The molecule has 6 rings (SSSR count). The molecule has 0 radical (unpaired) electrons. The van der Waals surface area contributed by atoms with Crippen molar-refractivity contribution in [3.05, 3.63) is 82.2 Å². The van der Waals surface area contributed by atoms with Gasteiger partial charge in [0.1, 0.15) is 10.8 Å². The van der Waals surface area contributed by atoms with Gasteiger partial charge in [-0.2, -0.15) is 0 Å². The van der Waals surface area contributed by atoms with Crippen LogP contribution in [0.1, 0.15) is 30.0 Å². The van der Waals surface area contributed by atoms with Crippen LogP contribution in [0, 0.1) is 5.41 Å². The number of nitrogens with zero attached hydrogens (tertiary/aromatic N) is 4. The Bertz CT molecular complexity index is 1350. The molecule has 1 saturated heterocycles. The van der Waals surface area contributed by atoms with E-state index in [2.05, 4.69) is 38.6 Å². The molecule has 0 saturated carbocycles. The largest absolute Gasteiger partial charge is 0.356 e. The fraction of sp³-hybridized carbons (Fsp3) is 0.280. The SMILES string of the molecule is NC1c2ccccc2CC12CCN(c1cnc(Sc3cccc(Cl)c3Cl)c3nccn13)CC2. The molecule has 1 fully saturated rings. The second-order valence-electron chi connectivity index (χ2n) is 8.90. The Labute approximate surface area is 206 Å². The van der Waals surface area contributed by atoms with Crippen LogP contribution in [0.15, 0.2) is 71.0 Å². The second kappa shape index (κ2) is 8.20. The summed E-state index contributed by atoms with van der Waals surface area (Å²) in [6.45, 7) is 1.90. The molecule has 1 aliphatic carbocycles. The average molecular weight is 496 g/mol. The Hall–Kier alpha value is -2.25. The summed E-state index contributed by atoms with van der Waals surface area (Å²) in [6.07, 6.45) is 8.96. The van der Waals surface area contributed by atoms with E-state index in [4.69, 9.17) is 33.9 Å². The summed E-state index contributed by atoms with van der Waals surface area (Å²) in [5.41, 5.74) is 10.5. The molecule has 2 aromatic heterocycles. The Morgan fingerprint density at radius 2 is 1.85 bits per heavy atom. The fourth-order valence-electron chi connectivity index (χ4n) is 5.34. The van der Waals surface area contributed by atoms with Crippen LogP contribution in [-0.2, 0) is 6.42 Å². The highest BCUT2D eigenvalue weighted by Gasteiger charge is 2.46. The van der Waals surface area contributed by atoms with Gasteiger partial charge in [0.05, 0.1) is 16.2 Å². The van der Waals surface area contributed by atoms with E-state index in [0.717, 1.165) is 53.7 Å². The summed E-state index contributed by atoms with van der Waals surface area (Å²) in [4.78, 5) is 12.6. The van der Waals surface area contributed by atoms with E-state index in [-0.39, 0.29) is 11.5 Å². The highest BCUT2D eigenvalue weighted by atomic mass is 35.5. The third-order valence-electron chi connectivity index (χ3n) is 7.17. The molecule has 5 nitrogen and oxygen atoms in total. The van der Waals surface area contributed by atoms with Gasteiger partial charge in [-0.3, -0.25) is 4.40 Å². The van der Waals surface area contributed by atoms with E-state index in [1.165, 1.54) is 22.9 Å². The number of fused-ring (bicyclic) bond motifs is 2. The number of halogens is 2. The lowest BCUT2D eigenvalue weighted by Crippen LogP contribution is -2.44. The number of nitrogens with two attached hydrogens (primary N) is 1. The maximum atomic E-state index is 6.76. The highest BCUT2D eigenvalue weighted by Crippen LogP contribution is 2.51. The van der Waals surface area contributed by atoms with Gasteiger partial charge < -0.3 is 10.6 Å². The van der Waals surface area contributed by atoms with Crippen molar-refractivity contribution in [3.63, 3.8) is 0 Å². The predicted octanol–water partition coefficient (Wildman–Crippen LogP) is 6.03. The lowest BCUT2D eigenvalue weighted by atomic mass is 9.73. The molecule has 1 spiro atoms. The zero-order valence-corrected chi connectivity index (χ0v) is 20.2. The molecule has 3 heterocycles. The molecule has 33 heavy (non-hydrogen) atoms. The number of rotatable bonds is 3. The third-order valence-corrected chi connectivity index (χ3v) is 9.15. The summed E-state index contributed by atoms with van der Waals surface area (Å²) < 4.78 is 2.12. The van der Waals surface area contributed by atoms with E-state index in [1.54, 1.807) is 6.07 Å². The van der Waals surface area contributed by atoms with E-state index in [9.17, 15) is 0 Å². The van der Waals surface area contributed by atoms with Gasteiger partial charge in [0.25, 0.3) is 0 Å². The van der Waals surface area contributed by atoms with Gasteiger partial charge in [-0.15, -0.1) is 0 Å². The van der Waals surface area contributed by atoms with Crippen LogP contribution in [0.2, 0.25) is 10.0 Å². The Morgan fingerprint density at radius 3 is 2.67 bits per heavy atom. The smallest absolute Gasteiger partial charge is 0.171 e. The van der Waals surface area contributed by atoms with Crippen LogP contribution in [0.3, 0.4) is 0 Å². The molecule has 0 bridgehead atoms. The molecule has 4 aromatic rings. The zero-order valence-electron chi connectivity index (χ0n) is 17.9. The normalized spacial score (nSPS) is 19.4. The molecule has 1 unspecified atom stereocenters. The molecule has 2 aliphatic rings. The minimum atomic E-state index is 0.114. The molecule has 2 N–H and O–H groups in total. The summed E-state index contributed by atoms with van der Waals surface area (Å²) in [6, 6.07) is 14.4. The van der Waals surface area contributed by atoms with Crippen molar-refractivity contribution < 1.29 is 0 Å². The molecule has 0 amide bonds. The van der Waals surface area contributed by atoms with Gasteiger partial charge in [-0.1, -0.05) is 65.3 Å². The quantitative estimate of drug-likeness (QED) is 0.375. The van der Waals surface area contributed by atoms with Crippen LogP contribution in [0.5, 0.6) is 0 Å². The first-order valence-electron chi connectivity index (χ1n) is 11.1. The molecular formula is C25H23Cl2N5S. The van der Waals surface area contributed by atoms with Crippen LogP contribution in [0.25, 0.3) is 5.65 Å². The summed E-state index contributed by atoms with van der Waals surface area (Å²) in [5.74, 6) is 1.06. The lowest BCUT2D eigenvalue weighted by molar-refractivity contribution is 0.187. The highest BCUT2D eigenvalue weighted by molar-refractivity contribution is 7.99. The summed E-state index contributed by atoms with van der Waals surface area (Å²) >= 11 is 14.1. The van der Waals surface area contributed by atoms with Gasteiger partial charge in [0, 0.05) is 36.4 Å². The first-order valence-corrected chi connectivity index (χ1v) is 12.7. The van der Waals surface area contributed by atoms with Crippen molar-refractivity contribution in [1.29, 1.82) is 0 Å². The Kier molecular flexibility index (Phi) is 5.29. The van der Waals surface area contributed by atoms with Crippen molar-refractivity contribution in [2.75, 3.05) is 18.0 Å². The van der Waals surface area contributed by atoms with Crippen molar-refractivity contribution in [2.24, 2.45) is 11.1 Å². The number of imidazole rings is 1. The van der Waals surface area contributed by atoms with Crippen LogP contribution in [-0.4, -0.2) is 27.5 Å². The standard InChI is InChI=1S/C25H23Cl2N5S/c26-18-6-3-7-19(21(18)27)33-24-23-29-10-13-32(23)20(15-30-24)31-11-8-25(9-12-31)14-16-4-1-2-5-17(16)22(25)28/h1-7,10,13,15,22H,8-9,11-12,14,28H2. The van der Waals surface area contributed by atoms with Crippen molar-refractivity contribution in [1.82, 2.24) is 14.4 Å². The van der Waals surface area contributed by atoms with Gasteiger partial charge >= 0.3 is 0 Å². The number of benzene rings is 2. The Balaban J connectivity index is 1.25. The van der Waals surface area contributed by atoms with Crippen LogP contribution < -0.4 is 10.6 Å². The van der Waals surface area contributed by atoms with Crippen molar-refractivity contribution in [3.8, 4) is 0 Å². The summed E-state index contributed by atoms with van der Waals surface area (Å²) in [7, 11) is 0. The van der Waals surface area contributed by atoms with Crippen molar-refractivity contribution >= 4 is 46.4 Å². The zero-order chi connectivity index (χ0) is 22.6. The van der Waals surface area contributed by atoms with E-state index >= 15 is 0 Å². The van der Waals surface area contributed by atoms with E-state index in [0.29, 0.717) is 10.0 Å². The average Bonchev–Trinajstić information content (AvgIpc) is 3.42. The van der Waals surface area contributed by atoms with Crippen LogP contribution >= 0.6 is 35.0 Å². The maximum absolute atomic E-state index is 6.76. The minimum absolute atomic E-state index is 0.114. The summed E-state index contributed by atoms with van der Waals surface area (Å²) in [5, 5.41) is 1.87. The van der Waals surface area contributed by atoms with Gasteiger partial charge in [0.15, 0.2) is 5.65 Å². The molecule has 1 atom stereocenters.